The largest absolute Gasteiger partial charge is 0.339 e. The van der Waals surface area contributed by atoms with Gasteiger partial charge in [0.25, 0.3) is 0 Å². The third-order valence-corrected chi connectivity index (χ3v) is 5.44. The van der Waals surface area contributed by atoms with Crippen molar-refractivity contribution >= 4 is 22.2 Å². The second kappa shape index (κ2) is 6.76. The van der Waals surface area contributed by atoms with Crippen LogP contribution in [0.25, 0.3) is 4.96 Å². The number of carbonyl (C=O) groups is 1. The van der Waals surface area contributed by atoms with E-state index < -0.39 is 0 Å². The topological polar surface area (TPSA) is 55.4 Å². The van der Waals surface area contributed by atoms with E-state index in [9.17, 15) is 4.79 Å². The Labute approximate surface area is 144 Å². The van der Waals surface area contributed by atoms with Crippen LogP contribution < -0.4 is 0 Å². The normalized spacial score (nSPS) is 18.3. The maximum absolute atomic E-state index is 12.8. The van der Waals surface area contributed by atoms with Crippen molar-refractivity contribution in [1.82, 2.24) is 24.1 Å². The number of nitrogens with zero attached hydrogens (tertiary/aromatic N) is 5. The molecule has 0 aliphatic carbocycles. The quantitative estimate of drug-likeness (QED) is 0.715. The Kier molecular flexibility index (Phi) is 4.34. The molecule has 0 saturated carbocycles. The van der Waals surface area contributed by atoms with Crippen LogP contribution in [0.2, 0.25) is 0 Å². The van der Waals surface area contributed by atoms with Gasteiger partial charge in [0.1, 0.15) is 0 Å². The van der Waals surface area contributed by atoms with Gasteiger partial charge in [0, 0.05) is 49.3 Å². The molecule has 6 nitrogen and oxygen atoms in total. The Hall–Kier alpha value is -2.15. The zero-order chi connectivity index (χ0) is 16.4. The van der Waals surface area contributed by atoms with E-state index in [1.54, 1.807) is 17.5 Å². The third-order valence-electron chi connectivity index (χ3n) is 4.67. The summed E-state index contributed by atoms with van der Waals surface area (Å²) in [6.45, 7) is 1.73. The second-order valence-electron chi connectivity index (χ2n) is 6.30. The first-order valence-corrected chi connectivity index (χ1v) is 9.35. The first-order chi connectivity index (χ1) is 11.8. The molecule has 1 amide bonds. The van der Waals surface area contributed by atoms with Gasteiger partial charge in [-0.15, -0.1) is 11.3 Å². The predicted octanol–water partition coefficient (Wildman–Crippen LogP) is 2.61. The average Bonchev–Trinajstić information content (AvgIpc) is 3.30. The van der Waals surface area contributed by atoms with E-state index in [0.29, 0.717) is 12.5 Å². The minimum absolute atomic E-state index is 0.200. The summed E-state index contributed by atoms with van der Waals surface area (Å²) in [7, 11) is 0. The van der Waals surface area contributed by atoms with Gasteiger partial charge in [0.2, 0.25) is 5.91 Å². The summed E-state index contributed by atoms with van der Waals surface area (Å²) >= 11 is 1.60. The third kappa shape index (κ3) is 3.21. The molecule has 7 heteroatoms. The summed E-state index contributed by atoms with van der Waals surface area (Å²) < 4.78 is 3.93. The molecule has 4 heterocycles. The number of hydrogen-bond donors (Lipinski definition) is 0. The molecule has 1 aliphatic heterocycles. The van der Waals surface area contributed by atoms with Crippen molar-refractivity contribution in [2.24, 2.45) is 0 Å². The molecule has 126 valence electrons. The van der Waals surface area contributed by atoms with Gasteiger partial charge in [0.05, 0.1) is 12.1 Å². The molecule has 1 aliphatic rings. The number of aryl methyl sites for hydroxylation is 1. The van der Waals surface area contributed by atoms with E-state index in [2.05, 4.69) is 15.0 Å². The highest BCUT2D eigenvalue weighted by atomic mass is 32.1. The lowest BCUT2D eigenvalue weighted by Crippen LogP contribution is -2.45. The highest BCUT2D eigenvalue weighted by Crippen LogP contribution is 2.22. The number of amides is 1. The van der Waals surface area contributed by atoms with Gasteiger partial charge in [0.15, 0.2) is 4.96 Å². The molecule has 0 radical (unpaired) electrons. The first-order valence-electron chi connectivity index (χ1n) is 8.47. The van der Waals surface area contributed by atoms with Crippen LogP contribution in [-0.2, 0) is 17.8 Å². The van der Waals surface area contributed by atoms with Crippen molar-refractivity contribution in [2.45, 2.75) is 44.7 Å². The molecule has 1 saturated heterocycles. The minimum atomic E-state index is 0.200. The van der Waals surface area contributed by atoms with Crippen molar-refractivity contribution in [2.75, 3.05) is 6.54 Å². The first kappa shape index (κ1) is 15.4. The van der Waals surface area contributed by atoms with E-state index in [1.807, 2.05) is 39.1 Å². The number of fused-ring (bicyclic) bond motifs is 1. The predicted molar refractivity (Wildman–Crippen MR) is 93.0 cm³/mol. The highest BCUT2D eigenvalue weighted by Gasteiger charge is 2.27. The van der Waals surface area contributed by atoms with Crippen LogP contribution in [0.4, 0.5) is 0 Å². The lowest BCUT2D eigenvalue weighted by Gasteiger charge is -2.36. The van der Waals surface area contributed by atoms with Gasteiger partial charge >= 0.3 is 0 Å². The zero-order valence-corrected chi connectivity index (χ0v) is 14.4. The summed E-state index contributed by atoms with van der Waals surface area (Å²) in [5.74, 6) is 0.200. The van der Waals surface area contributed by atoms with E-state index in [0.717, 1.165) is 43.0 Å². The average molecular weight is 343 g/mol. The molecule has 24 heavy (non-hydrogen) atoms. The molecular formula is C17H21N5OS. The molecule has 3 aromatic rings. The summed E-state index contributed by atoms with van der Waals surface area (Å²) in [5, 5.41) is 6.26. The lowest BCUT2D eigenvalue weighted by atomic mass is 9.98. The van der Waals surface area contributed by atoms with Crippen molar-refractivity contribution in [3.63, 3.8) is 0 Å². The fourth-order valence-corrected chi connectivity index (χ4v) is 4.18. The van der Waals surface area contributed by atoms with E-state index in [-0.39, 0.29) is 5.91 Å². The van der Waals surface area contributed by atoms with Gasteiger partial charge in [-0.05, 0) is 31.7 Å². The zero-order valence-electron chi connectivity index (χ0n) is 13.5. The Bertz CT molecular complexity index is 778. The molecule has 0 spiro atoms. The summed E-state index contributed by atoms with van der Waals surface area (Å²) in [5.41, 5.74) is 0.864. The van der Waals surface area contributed by atoms with Crippen LogP contribution in [0.15, 0.2) is 36.2 Å². The summed E-state index contributed by atoms with van der Waals surface area (Å²) in [6.07, 6.45) is 12.5. The number of imidazole rings is 1. The molecule has 4 rings (SSSR count). The monoisotopic (exact) mass is 343 g/mol. The number of piperidine rings is 1. The fraction of sp³-hybridized carbons (Fsp3) is 0.471. The second-order valence-corrected chi connectivity index (χ2v) is 7.17. The molecule has 0 bridgehead atoms. The van der Waals surface area contributed by atoms with Gasteiger partial charge in [-0.25, -0.2) is 4.98 Å². The Balaban J connectivity index is 1.41. The lowest BCUT2D eigenvalue weighted by molar-refractivity contribution is -0.134. The smallest absolute Gasteiger partial charge is 0.228 e. The molecule has 0 unspecified atom stereocenters. The van der Waals surface area contributed by atoms with Crippen molar-refractivity contribution in [3.8, 4) is 0 Å². The number of aromatic nitrogens is 4. The van der Waals surface area contributed by atoms with Crippen LogP contribution in [0.3, 0.4) is 0 Å². The number of likely N-dealkylation sites (tertiary alicyclic amines) is 1. The SMILES string of the molecule is O=C(Cc1cn2ccsc2n1)N1CCCC[C@H]1CCn1cccn1. The number of rotatable bonds is 5. The van der Waals surface area contributed by atoms with Crippen molar-refractivity contribution in [3.05, 3.63) is 41.9 Å². The van der Waals surface area contributed by atoms with Crippen LogP contribution in [0, 0.1) is 0 Å². The van der Waals surface area contributed by atoms with E-state index in [4.69, 9.17) is 0 Å². The standard InChI is InChI=1S/C17H21N5OS/c23-16(12-14-13-20-10-11-24-17(20)19-14)22-8-2-1-4-15(22)5-9-21-7-3-6-18-21/h3,6-7,10-11,13,15H,1-2,4-5,8-9,12H2/t15-/m0/s1. The van der Waals surface area contributed by atoms with Crippen molar-refractivity contribution in [1.29, 1.82) is 0 Å². The molecular weight excluding hydrogens is 322 g/mol. The van der Waals surface area contributed by atoms with Crippen LogP contribution in [0.1, 0.15) is 31.4 Å². The van der Waals surface area contributed by atoms with Crippen LogP contribution in [-0.4, -0.2) is 42.6 Å². The fourth-order valence-electron chi connectivity index (χ4n) is 3.46. The highest BCUT2D eigenvalue weighted by molar-refractivity contribution is 7.15. The van der Waals surface area contributed by atoms with E-state index >= 15 is 0 Å². The summed E-state index contributed by atoms with van der Waals surface area (Å²) in [4.78, 5) is 20.4. The number of thiazole rings is 1. The molecule has 1 fully saturated rings. The maximum atomic E-state index is 12.8. The summed E-state index contributed by atoms with van der Waals surface area (Å²) in [6, 6.07) is 2.26. The Morgan fingerprint density at radius 3 is 3.12 bits per heavy atom. The van der Waals surface area contributed by atoms with Crippen LogP contribution >= 0.6 is 11.3 Å². The number of hydrogen-bond acceptors (Lipinski definition) is 4. The Morgan fingerprint density at radius 2 is 2.29 bits per heavy atom. The van der Waals surface area contributed by atoms with Gasteiger partial charge in [-0.2, -0.15) is 5.10 Å². The minimum Gasteiger partial charge on any atom is -0.339 e. The number of carbonyl (C=O) groups excluding carboxylic acids is 1. The van der Waals surface area contributed by atoms with Gasteiger partial charge in [-0.1, -0.05) is 0 Å². The van der Waals surface area contributed by atoms with Gasteiger partial charge < -0.3 is 4.90 Å². The van der Waals surface area contributed by atoms with Gasteiger partial charge in [-0.3, -0.25) is 13.9 Å². The maximum Gasteiger partial charge on any atom is 0.228 e. The molecule has 3 aromatic heterocycles. The van der Waals surface area contributed by atoms with Crippen LogP contribution in [0.5, 0.6) is 0 Å². The van der Waals surface area contributed by atoms with E-state index in [1.165, 1.54) is 6.42 Å². The molecule has 0 N–H and O–H groups in total. The Morgan fingerprint density at radius 1 is 1.33 bits per heavy atom. The van der Waals surface area contributed by atoms with Crippen molar-refractivity contribution < 1.29 is 4.79 Å². The molecule has 0 aromatic carbocycles. The molecule has 1 atom stereocenters.